The first-order chi connectivity index (χ1) is 12.9. The lowest BCUT2D eigenvalue weighted by molar-refractivity contribution is 0.102. The summed E-state index contributed by atoms with van der Waals surface area (Å²) in [5.41, 5.74) is 0.439. The van der Waals surface area contributed by atoms with E-state index in [2.05, 4.69) is 11.4 Å². The van der Waals surface area contributed by atoms with Crippen molar-refractivity contribution in [3.8, 4) is 6.07 Å². The zero-order valence-electron chi connectivity index (χ0n) is 14.7. The minimum absolute atomic E-state index is 0.0416. The van der Waals surface area contributed by atoms with Crippen molar-refractivity contribution >= 4 is 43.9 Å². The first-order valence-corrected chi connectivity index (χ1v) is 11.1. The van der Waals surface area contributed by atoms with Gasteiger partial charge in [-0.1, -0.05) is 18.5 Å². The number of carbonyl (C=O) groups is 1. The van der Waals surface area contributed by atoms with Gasteiger partial charge in [-0.05, 0) is 43.5 Å². The lowest BCUT2D eigenvalue weighted by Gasteiger charge is -2.16. The van der Waals surface area contributed by atoms with Crippen LogP contribution in [0, 0.1) is 11.3 Å². The standard InChI is InChI=1S/C18H18ClN3O3S2/c1-2-13-9-12(11-20)18(26-13)21-17(23)15-10-14(5-6-16(15)19)27(24,25)22-7-3-4-8-22/h5-6,9-10H,2-4,7-8H2,1H3,(H,21,23). The smallest absolute Gasteiger partial charge is 0.257 e. The predicted octanol–water partition coefficient (Wildman–Crippen LogP) is 3.87. The van der Waals surface area contributed by atoms with Gasteiger partial charge in [0.25, 0.3) is 5.91 Å². The molecule has 0 bridgehead atoms. The molecule has 9 heteroatoms. The number of aryl methyl sites for hydroxylation is 1. The SMILES string of the molecule is CCc1cc(C#N)c(NC(=O)c2cc(S(=O)(=O)N3CCCC3)ccc2Cl)s1. The Morgan fingerprint density at radius 3 is 2.67 bits per heavy atom. The van der Waals surface area contributed by atoms with Crippen LogP contribution in [0.5, 0.6) is 0 Å². The summed E-state index contributed by atoms with van der Waals surface area (Å²) in [6.07, 6.45) is 2.41. The molecule has 1 aromatic carbocycles. The molecule has 1 fully saturated rings. The number of sulfonamides is 1. The number of nitrogens with zero attached hydrogens (tertiary/aromatic N) is 2. The zero-order valence-corrected chi connectivity index (χ0v) is 17.0. The summed E-state index contributed by atoms with van der Waals surface area (Å²) in [7, 11) is -3.65. The number of amides is 1. The number of hydrogen-bond acceptors (Lipinski definition) is 5. The van der Waals surface area contributed by atoms with Crippen LogP contribution in [0.25, 0.3) is 0 Å². The van der Waals surface area contributed by atoms with E-state index in [-0.39, 0.29) is 15.5 Å². The molecule has 1 saturated heterocycles. The van der Waals surface area contributed by atoms with Crippen LogP contribution >= 0.6 is 22.9 Å². The largest absolute Gasteiger partial charge is 0.312 e. The first kappa shape index (κ1) is 19.8. The van der Waals surface area contributed by atoms with E-state index in [1.54, 1.807) is 6.07 Å². The average molecular weight is 424 g/mol. The molecule has 142 valence electrons. The van der Waals surface area contributed by atoms with E-state index in [1.165, 1.54) is 33.8 Å². The van der Waals surface area contributed by atoms with Gasteiger partial charge in [-0.2, -0.15) is 9.57 Å². The Labute approximate surface area is 167 Å². The minimum atomic E-state index is -3.65. The Hall–Kier alpha value is -1.92. The Bertz CT molecular complexity index is 1020. The lowest BCUT2D eigenvalue weighted by atomic mass is 10.2. The second kappa shape index (κ2) is 7.98. The average Bonchev–Trinajstić information content (AvgIpc) is 3.31. The van der Waals surface area contributed by atoms with Gasteiger partial charge in [0.1, 0.15) is 11.1 Å². The van der Waals surface area contributed by atoms with Gasteiger partial charge in [-0.25, -0.2) is 8.42 Å². The molecule has 0 spiro atoms. The Morgan fingerprint density at radius 1 is 1.33 bits per heavy atom. The molecule has 0 radical (unpaired) electrons. The van der Waals surface area contributed by atoms with Gasteiger partial charge in [0.2, 0.25) is 10.0 Å². The third kappa shape index (κ3) is 4.01. The van der Waals surface area contributed by atoms with Crippen molar-refractivity contribution in [1.29, 1.82) is 5.26 Å². The third-order valence-electron chi connectivity index (χ3n) is 4.36. The molecule has 0 aliphatic carbocycles. The number of carbonyl (C=O) groups excluding carboxylic acids is 1. The van der Waals surface area contributed by atoms with Crippen molar-refractivity contribution in [2.75, 3.05) is 18.4 Å². The molecule has 0 atom stereocenters. The fourth-order valence-corrected chi connectivity index (χ4v) is 5.57. The van der Waals surface area contributed by atoms with E-state index in [0.717, 1.165) is 24.1 Å². The van der Waals surface area contributed by atoms with Crippen LogP contribution in [-0.2, 0) is 16.4 Å². The van der Waals surface area contributed by atoms with Gasteiger partial charge < -0.3 is 5.32 Å². The molecule has 2 aromatic rings. The molecule has 1 aliphatic heterocycles. The fourth-order valence-electron chi connectivity index (χ4n) is 2.88. The Morgan fingerprint density at radius 2 is 2.04 bits per heavy atom. The monoisotopic (exact) mass is 423 g/mol. The second-order valence-electron chi connectivity index (χ2n) is 6.13. The maximum atomic E-state index is 12.7. The summed E-state index contributed by atoms with van der Waals surface area (Å²) >= 11 is 7.46. The highest BCUT2D eigenvalue weighted by Crippen LogP contribution is 2.30. The quantitative estimate of drug-likeness (QED) is 0.790. The number of hydrogen-bond donors (Lipinski definition) is 1. The highest BCUT2D eigenvalue weighted by atomic mass is 35.5. The highest BCUT2D eigenvalue weighted by Gasteiger charge is 2.28. The van der Waals surface area contributed by atoms with Crippen molar-refractivity contribution < 1.29 is 13.2 Å². The van der Waals surface area contributed by atoms with E-state index in [4.69, 9.17) is 11.6 Å². The molecule has 2 heterocycles. The van der Waals surface area contributed by atoms with Crippen LogP contribution in [0.2, 0.25) is 5.02 Å². The van der Waals surface area contributed by atoms with Crippen molar-refractivity contribution in [2.24, 2.45) is 0 Å². The van der Waals surface area contributed by atoms with Crippen LogP contribution in [0.4, 0.5) is 5.00 Å². The molecule has 1 N–H and O–H groups in total. The maximum absolute atomic E-state index is 12.7. The molecule has 1 aliphatic rings. The summed E-state index contributed by atoms with van der Waals surface area (Å²) in [5, 5.41) is 12.5. The molecular formula is C18H18ClN3O3S2. The van der Waals surface area contributed by atoms with E-state index in [1.807, 2.05) is 6.92 Å². The van der Waals surface area contributed by atoms with Gasteiger partial charge in [-0.3, -0.25) is 4.79 Å². The van der Waals surface area contributed by atoms with Gasteiger partial charge in [0.05, 0.1) is 21.0 Å². The van der Waals surface area contributed by atoms with Crippen LogP contribution in [-0.4, -0.2) is 31.7 Å². The van der Waals surface area contributed by atoms with Crippen LogP contribution in [0.15, 0.2) is 29.2 Å². The van der Waals surface area contributed by atoms with E-state index < -0.39 is 15.9 Å². The number of thiophene rings is 1. The Balaban J connectivity index is 1.91. The number of nitrogens with one attached hydrogen (secondary N) is 1. The number of halogens is 1. The molecule has 3 rings (SSSR count). The number of anilines is 1. The zero-order chi connectivity index (χ0) is 19.6. The molecule has 1 aromatic heterocycles. The van der Waals surface area contributed by atoms with Crippen molar-refractivity contribution in [3.63, 3.8) is 0 Å². The van der Waals surface area contributed by atoms with Crippen molar-refractivity contribution in [2.45, 2.75) is 31.1 Å². The number of benzene rings is 1. The van der Waals surface area contributed by atoms with E-state index >= 15 is 0 Å². The normalized spacial score (nSPS) is 14.9. The molecule has 0 saturated carbocycles. The van der Waals surface area contributed by atoms with Gasteiger partial charge in [0, 0.05) is 18.0 Å². The summed E-state index contributed by atoms with van der Waals surface area (Å²) in [6, 6.07) is 7.91. The predicted molar refractivity (Wildman–Crippen MR) is 106 cm³/mol. The maximum Gasteiger partial charge on any atom is 0.257 e. The molecule has 0 unspecified atom stereocenters. The number of rotatable bonds is 5. The number of nitriles is 1. The molecule has 6 nitrogen and oxygen atoms in total. The van der Waals surface area contributed by atoms with Crippen molar-refractivity contribution in [3.05, 3.63) is 45.3 Å². The molecular weight excluding hydrogens is 406 g/mol. The second-order valence-corrected chi connectivity index (χ2v) is 9.61. The Kier molecular flexibility index (Phi) is 5.86. The topological polar surface area (TPSA) is 90.3 Å². The highest BCUT2D eigenvalue weighted by molar-refractivity contribution is 7.89. The van der Waals surface area contributed by atoms with E-state index in [0.29, 0.717) is 23.7 Å². The lowest BCUT2D eigenvalue weighted by Crippen LogP contribution is -2.28. The van der Waals surface area contributed by atoms with Crippen LogP contribution in [0.1, 0.15) is 40.6 Å². The van der Waals surface area contributed by atoms with Gasteiger partial charge >= 0.3 is 0 Å². The fraction of sp³-hybridized carbons (Fsp3) is 0.333. The van der Waals surface area contributed by atoms with Crippen LogP contribution < -0.4 is 5.32 Å². The first-order valence-electron chi connectivity index (χ1n) is 8.50. The van der Waals surface area contributed by atoms with Gasteiger partial charge in [0.15, 0.2) is 0 Å². The summed E-state index contributed by atoms with van der Waals surface area (Å²) < 4.78 is 26.9. The van der Waals surface area contributed by atoms with Crippen LogP contribution in [0.3, 0.4) is 0 Å². The van der Waals surface area contributed by atoms with E-state index in [9.17, 15) is 18.5 Å². The third-order valence-corrected chi connectivity index (χ3v) is 7.78. The van der Waals surface area contributed by atoms with Crippen molar-refractivity contribution in [1.82, 2.24) is 4.31 Å². The summed E-state index contributed by atoms with van der Waals surface area (Å²) in [5.74, 6) is -0.542. The van der Waals surface area contributed by atoms with Gasteiger partial charge in [-0.15, -0.1) is 11.3 Å². The summed E-state index contributed by atoms with van der Waals surface area (Å²) in [6.45, 7) is 2.92. The summed E-state index contributed by atoms with van der Waals surface area (Å²) in [4.78, 5) is 13.7. The minimum Gasteiger partial charge on any atom is -0.312 e. The molecule has 27 heavy (non-hydrogen) atoms. The molecule has 1 amide bonds.